The number of aromatic hydroxyl groups is 2. The van der Waals surface area contributed by atoms with Gasteiger partial charge in [-0.05, 0) is 18.2 Å². The molecule has 3 aromatic rings. The maximum absolute atomic E-state index is 12.8. The molecule has 0 aliphatic carbocycles. The molecule has 0 spiro atoms. The van der Waals surface area contributed by atoms with Crippen LogP contribution in [-0.4, -0.2) is 75.1 Å². The fraction of sp³-hybridized carbons (Fsp3) is 0.318. The SMILES string of the molecule is COc1cc(O[C@@H]2OC(CO)[C@@H](O)[C@H](O)C2O)cc2oc(-c3ccc(O)c(O)c3)cc(=O)c12. The summed E-state index contributed by atoms with van der Waals surface area (Å²) in [6.45, 7) is -0.621. The van der Waals surface area contributed by atoms with E-state index in [2.05, 4.69) is 0 Å². The van der Waals surface area contributed by atoms with E-state index in [0.717, 1.165) is 0 Å². The zero-order valence-corrected chi connectivity index (χ0v) is 17.3. The molecule has 1 aliphatic heterocycles. The molecule has 176 valence electrons. The summed E-state index contributed by atoms with van der Waals surface area (Å²) < 4.78 is 22.1. The fourth-order valence-corrected chi connectivity index (χ4v) is 3.58. The number of rotatable bonds is 5. The van der Waals surface area contributed by atoms with Crippen molar-refractivity contribution in [2.24, 2.45) is 0 Å². The minimum absolute atomic E-state index is 0.0394. The average Bonchev–Trinajstić information content (AvgIpc) is 2.80. The minimum Gasteiger partial charge on any atom is -0.504 e. The lowest BCUT2D eigenvalue weighted by molar-refractivity contribution is -0.277. The summed E-state index contributed by atoms with van der Waals surface area (Å²) >= 11 is 0. The monoisotopic (exact) mass is 462 g/mol. The first-order chi connectivity index (χ1) is 15.7. The Bertz CT molecular complexity index is 1220. The minimum atomic E-state index is -1.64. The molecule has 2 aromatic carbocycles. The van der Waals surface area contributed by atoms with Gasteiger partial charge in [-0.25, -0.2) is 0 Å². The van der Waals surface area contributed by atoms with Crippen LogP contribution in [0.2, 0.25) is 0 Å². The normalized spacial score (nSPS) is 25.2. The van der Waals surface area contributed by atoms with Gasteiger partial charge in [0.2, 0.25) is 6.29 Å². The summed E-state index contributed by atoms with van der Waals surface area (Å²) in [4.78, 5) is 12.8. The van der Waals surface area contributed by atoms with E-state index in [4.69, 9.17) is 18.6 Å². The fourth-order valence-electron chi connectivity index (χ4n) is 3.58. The van der Waals surface area contributed by atoms with Crippen LogP contribution in [0, 0.1) is 0 Å². The Morgan fingerprint density at radius 1 is 0.970 bits per heavy atom. The van der Waals surface area contributed by atoms with Crippen LogP contribution in [0.25, 0.3) is 22.3 Å². The Balaban J connectivity index is 1.75. The highest BCUT2D eigenvalue weighted by molar-refractivity contribution is 5.86. The van der Waals surface area contributed by atoms with Crippen molar-refractivity contribution in [1.29, 1.82) is 0 Å². The molecule has 2 unspecified atom stereocenters. The van der Waals surface area contributed by atoms with Gasteiger partial charge in [-0.2, -0.15) is 0 Å². The Morgan fingerprint density at radius 3 is 2.39 bits per heavy atom. The molecule has 2 heterocycles. The van der Waals surface area contributed by atoms with Crippen LogP contribution in [0.15, 0.2) is 45.6 Å². The van der Waals surface area contributed by atoms with Crippen LogP contribution in [0.5, 0.6) is 23.0 Å². The van der Waals surface area contributed by atoms with Crippen LogP contribution in [-0.2, 0) is 4.74 Å². The van der Waals surface area contributed by atoms with Gasteiger partial charge in [-0.15, -0.1) is 0 Å². The molecule has 1 aliphatic rings. The van der Waals surface area contributed by atoms with Crippen LogP contribution >= 0.6 is 0 Å². The molecule has 5 atom stereocenters. The molecular weight excluding hydrogens is 440 g/mol. The molecule has 0 radical (unpaired) electrons. The third-order valence-electron chi connectivity index (χ3n) is 5.35. The highest BCUT2D eigenvalue weighted by Gasteiger charge is 2.44. The van der Waals surface area contributed by atoms with E-state index in [-0.39, 0.29) is 34.0 Å². The molecular formula is C22H22O11. The van der Waals surface area contributed by atoms with Crippen molar-refractivity contribution in [3.63, 3.8) is 0 Å². The number of phenolic OH excluding ortho intramolecular Hbond substituents is 2. The molecule has 1 aromatic heterocycles. The lowest BCUT2D eigenvalue weighted by atomic mass is 9.99. The summed E-state index contributed by atoms with van der Waals surface area (Å²) in [6.07, 6.45) is -7.43. The van der Waals surface area contributed by atoms with Gasteiger partial charge in [0, 0.05) is 23.8 Å². The van der Waals surface area contributed by atoms with Crippen molar-refractivity contribution in [2.45, 2.75) is 30.7 Å². The third kappa shape index (κ3) is 4.19. The Hall–Kier alpha value is -3.35. The van der Waals surface area contributed by atoms with E-state index in [1.54, 1.807) is 0 Å². The van der Waals surface area contributed by atoms with Gasteiger partial charge < -0.3 is 49.3 Å². The quantitative estimate of drug-likeness (QED) is 0.282. The zero-order valence-electron chi connectivity index (χ0n) is 17.3. The van der Waals surface area contributed by atoms with E-state index in [1.165, 1.54) is 43.5 Å². The molecule has 0 bridgehead atoms. The Labute approximate surface area is 186 Å². The van der Waals surface area contributed by atoms with E-state index < -0.39 is 48.5 Å². The lowest BCUT2D eigenvalue weighted by Crippen LogP contribution is -2.60. The molecule has 4 rings (SSSR count). The van der Waals surface area contributed by atoms with Gasteiger partial charge in [0.25, 0.3) is 0 Å². The van der Waals surface area contributed by atoms with Gasteiger partial charge in [0.1, 0.15) is 52.6 Å². The molecule has 0 saturated carbocycles. The number of hydrogen-bond donors (Lipinski definition) is 6. The summed E-state index contributed by atoms with van der Waals surface area (Å²) in [5.74, 6) is -0.500. The molecule has 33 heavy (non-hydrogen) atoms. The first-order valence-electron chi connectivity index (χ1n) is 9.89. The summed E-state index contributed by atoms with van der Waals surface area (Å²) in [5.41, 5.74) is -0.0809. The Morgan fingerprint density at radius 2 is 1.73 bits per heavy atom. The van der Waals surface area contributed by atoms with Crippen molar-refractivity contribution in [3.05, 3.63) is 46.6 Å². The lowest BCUT2D eigenvalue weighted by Gasteiger charge is -2.39. The number of aliphatic hydroxyl groups excluding tert-OH is 4. The second kappa shape index (κ2) is 8.89. The molecule has 11 heteroatoms. The predicted molar refractivity (Wildman–Crippen MR) is 112 cm³/mol. The number of fused-ring (bicyclic) bond motifs is 1. The van der Waals surface area contributed by atoms with Crippen LogP contribution in [0.4, 0.5) is 0 Å². The van der Waals surface area contributed by atoms with Crippen molar-refractivity contribution in [2.75, 3.05) is 13.7 Å². The number of hydrogen-bond acceptors (Lipinski definition) is 11. The number of ether oxygens (including phenoxy) is 3. The van der Waals surface area contributed by atoms with E-state index in [9.17, 15) is 35.4 Å². The standard InChI is InChI=1S/C22H22O11/c1-30-15-5-10(31-22-21(29)20(28)19(27)17(8-23)33-22)6-16-18(15)13(26)7-14(32-16)9-2-3-11(24)12(25)4-9/h2-7,17,19-25,27-29H,8H2,1H3/t17?,19-,20+,21?,22-/m1/s1. The third-order valence-corrected chi connectivity index (χ3v) is 5.35. The average molecular weight is 462 g/mol. The summed E-state index contributed by atoms with van der Waals surface area (Å²) in [6, 6.07) is 7.82. The highest BCUT2D eigenvalue weighted by atomic mass is 16.7. The largest absolute Gasteiger partial charge is 0.504 e. The summed E-state index contributed by atoms with van der Waals surface area (Å²) in [7, 11) is 1.33. The number of benzene rings is 2. The first-order valence-corrected chi connectivity index (χ1v) is 9.89. The van der Waals surface area contributed by atoms with Gasteiger partial charge in [0.05, 0.1) is 13.7 Å². The predicted octanol–water partition coefficient (Wildman–Crippen LogP) is 0.0585. The zero-order chi connectivity index (χ0) is 23.9. The maximum Gasteiger partial charge on any atom is 0.229 e. The van der Waals surface area contributed by atoms with E-state index >= 15 is 0 Å². The second-order valence-electron chi connectivity index (χ2n) is 7.49. The van der Waals surface area contributed by atoms with Crippen LogP contribution < -0.4 is 14.9 Å². The van der Waals surface area contributed by atoms with Gasteiger partial charge in [-0.1, -0.05) is 0 Å². The van der Waals surface area contributed by atoms with Crippen molar-refractivity contribution in [1.82, 2.24) is 0 Å². The number of aliphatic hydroxyl groups is 4. The van der Waals surface area contributed by atoms with Crippen LogP contribution in [0.3, 0.4) is 0 Å². The van der Waals surface area contributed by atoms with E-state index in [1.807, 2.05) is 0 Å². The van der Waals surface area contributed by atoms with Gasteiger partial charge >= 0.3 is 0 Å². The maximum atomic E-state index is 12.8. The molecule has 6 N–H and O–H groups in total. The molecule has 11 nitrogen and oxygen atoms in total. The van der Waals surface area contributed by atoms with Gasteiger partial charge in [-0.3, -0.25) is 4.79 Å². The van der Waals surface area contributed by atoms with Gasteiger partial charge in [0.15, 0.2) is 16.9 Å². The number of methoxy groups -OCH3 is 1. The first kappa shape index (κ1) is 22.8. The Kier molecular flexibility index (Phi) is 6.15. The smallest absolute Gasteiger partial charge is 0.229 e. The van der Waals surface area contributed by atoms with Crippen molar-refractivity contribution >= 4 is 11.0 Å². The molecule has 0 amide bonds. The van der Waals surface area contributed by atoms with Crippen molar-refractivity contribution in [3.8, 4) is 34.3 Å². The van der Waals surface area contributed by atoms with E-state index in [0.29, 0.717) is 5.56 Å². The topological polar surface area (TPSA) is 179 Å². The molecule has 1 saturated heterocycles. The number of phenols is 2. The summed E-state index contributed by atoms with van der Waals surface area (Å²) in [5, 5.41) is 58.8. The van der Waals surface area contributed by atoms with Crippen LogP contribution in [0.1, 0.15) is 0 Å². The second-order valence-corrected chi connectivity index (χ2v) is 7.49. The molecule has 1 fully saturated rings. The highest BCUT2D eigenvalue weighted by Crippen LogP contribution is 2.35. The van der Waals surface area contributed by atoms with Crippen molar-refractivity contribution < 1.29 is 49.3 Å².